The van der Waals surface area contributed by atoms with Gasteiger partial charge < -0.3 is 14.8 Å². The second-order valence-corrected chi connectivity index (χ2v) is 7.89. The highest BCUT2D eigenvalue weighted by atomic mass is 19.1. The van der Waals surface area contributed by atoms with Crippen LogP contribution in [0.15, 0.2) is 79.0 Å². The molecule has 0 spiro atoms. The maximum absolute atomic E-state index is 13.4. The van der Waals surface area contributed by atoms with Gasteiger partial charge >= 0.3 is 5.97 Å². The van der Waals surface area contributed by atoms with Crippen molar-refractivity contribution in [3.8, 4) is 22.7 Å². The van der Waals surface area contributed by atoms with Crippen molar-refractivity contribution in [1.29, 1.82) is 0 Å². The number of hydrogen-bond donors (Lipinski definition) is 1. The summed E-state index contributed by atoms with van der Waals surface area (Å²) in [5, 5.41) is 18.0. The number of carbonyl (C=O) groups is 2. The number of esters is 1. The standard InChI is InChI=1S/C26H21FN4O6/c1-16(25(32)28-19-6-4-7-21(14-19)31(34)35)37-26(33)23-15-30(20-11-9-18(27)10-12-20)29-24(23)17-5-3-8-22(13-17)36-2/h3-16H,1-2H3,(H,28,32). The predicted molar refractivity (Wildman–Crippen MR) is 132 cm³/mol. The fourth-order valence-electron chi connectivity index (χ4n) is 3.45. The highest BCUT2D eigenvalue weighted by molar-refractivity contribution is 6.00. The quantitative estimate of drug-likeness (QED) is 0.208. The third kappa shape index (κ3) is 5.78. The molecule has 1 atom stereocenters. The fourth-order valence-corrected chi connectivity index (χ4v) is 3.45. The normalized spacial score (nSPS) is 11.4. The zero-order valence-electron chi connectivity index (χ0n) is 19.8. The SMILES string of the molecule is COc1cccc(-c2nn(-c3ccc(F)cc3)cc2C(=O)OC(C)C(=O)Nc2cccc([N+](=O)[O-])c2)c1. The number of benzene rings is 3. The summed E-state index contributed by atoms with van der Waals surface area (Å²) < 4.78 is 25.5. The van der Waals surface area contributed by atoms with E-state index in [0.717, 1.165) is 0 Å². The van der Waals surface area contributed by atoms with Crippen LogP contribution in [0.4, 0.5) is 15.8 Å². The van der Waals surface area contributed by atoms with Gasteiger partial charge in [-0.1, -0.05) is 18.2 Å². The van der Waals surface area contributed by atoms with Gasteiger partial charge in [0.15, 0.2) is 6.10 Å². The zero-order chi connectivity index (χ0) is 26.5. The molecule has 11 heteroatoms. The number of nitrogens with one attached hydrogen (secondary N) is 1. The number of carbonyl (C=O) groups excluding carboxylic acids is 2. The Kier molecular flexibility index (Phi) is 7.23. The molecule has 37 heavy (non-hydrogen) atoms. The Labute approximate surface area is 210 Å². The first-order chi connectivity index (χ1) is 17.7. The number of nitrogens with zero attached hydrogens (tertiary/aromatic N) is 3. The minimum atomic E-state index is -1.24. The lowest BCUT2D eigenvalue weighted by Crippen LogP contribution is -2.30. The molecular weight excluding hydrogens is 483 g/mol. The molecule has 1 amide bonds. The van der Waals surface area contributed by atoms with E-state index in [-0.39, 0.29) is 22.6 Å². The number of nitro groups is 1. The molecule has 1 aromatic heterocycles. The maximum Gasteiger partial charge on any atom is 0.342 e. The fraction of sp³-hybridized carbons (Fsp3) is 0.115. The largest absolute Gasteiger partial charge is 0.497 e. The van der Waals surface area contributed by atoms with Gasteiger partial charge in [-0.25, -0.2) is 13.9 Å². The lowest BCUT2D eigenvalue weighted by molar-refractivity contribution is -0.384. The Balaban J connectivity index is 1.60. The highest BCUT2D eigenvalue weighted by Gasteiger charge is 2.25. The number of hydrogen-bond acceptors (Lipinski definition) is 7. The van der Waals surface area contributed by atoms with E-state index in [4.69, 9.17) is 9.47 Å². The number of non-ortho nitro benzene ring substituents is 1. The van der Waals surface area contributed by atoms with Gasteiger partial charge in [0.05, 0.1) is 17.7 Å². The summed E-state index contributed by atoms with van der Waals surface area (Å²) >= 11 is 0. The van der Waals surface area contributed by atoms with Gasteiger partial charge in [0.2, 0.25) is 0 Å². The van der Waals surface area contributed by atoms with Crippen molar-refractivity contribution in [2.24, 2.45) is 0 Å². The third-order valence-corrected chi connectivity index (χ3v) is 5.35. The van der Waals surface area contributed by atoms with E-state index in [9.17, 15) is 24.1 Å². The molecule has 0 fully saturated rings. The van der Waals surface area contributed by atoms with Crippen molar-refractivity contribution in [2.45, 2.75) is 13.0 Å². The van der Waals surface area contributed by atoms with E-state index in [2.05, 4.69) is 10.4 Å². The van der Waals surface area contributed by atoms with Gasteiger partial charge in [-0.15, -0.1) is 0 Å². The van der Waals surface area contributed by atoms with Gasteiger partial charge in [-0.2, -0.15) is 5.10 Å². The van der Waals surface area contributed by atoms with Crippen molar-refractivity contribution in [2.75, 3.05) is 12.4 Å². The zero-order valence-corrected chi connectivity index (χ0v) is 19.8. The third-order valence-electron chi connectivity index (χ3n) is 5.35. The summed E-state index contributed by atoms with van der Waals surface area (Å²) in [7, 11) is 1.51. The van der Waals surface area contributed by atoms with Crippen LogP contribution >= 0.6 is 0 Å². The van der Waals surface area contributed by atoms with Crippen LogP contribution in [0.1, 0.15) is 17.3 Å². The van der Waals surface area contributed by atoms with Crippen LogP contribution in [-0.4, -0.2) is 39.8 Å². The van der Waals surface area contributed by atoms with Crippen LogP contribution in [0.2, 0.25) is 0 Å². The van der Waals surface area contributed by atoms with E-state index in [0.29, 0.717) is 17.0 Å². The summed E-state index contributed by atoms with van der Waals surface area (Å²) in [6.45, 7) is 1.38. The first-order valence-electron chi connectivity index (χ1n) is 11.0. The molecule has 1 N–H and O–H groups in total. The smallest absolute Gasteiger partial charge is 0.342 e. The van der Waals surface area contributed by atoms with Crippen LogP contribution in [0.25, 0.3) is 16.9 Å². The minimum Gasteiger partial charge on any atom is -0.497 e. The minimum absolute atomic E-state index is 0.0626. The van der Waals surface area contributed by atoms with Crippen LogP contribution in [-0.2, 0) is 9.53 Å². The molecule has 0 saturated carbocycles. The second-order valence-electron chi connectivity index (χ2n) is 7.89. The first-order valence-corrected chi connectivity index (χ1v) is 11.0. The molecule has 4 rings (SSSR count). The van der Waals surface area contributed by atoms with Crippen molar-refractivity contribution >= 4 is 23.3 Å². The van der Waals surface area contributed by atoms with E-state index in [1.165, 1.54) is 73.4 Å². The summed E-state index contributed by atoms with van der Waals surface area (Å²) in [6, 6.07) is 17.8. The van der Waals surface area contributed by atoms with E-state index < -0.39 is 28.7 Å². The Bertz CT molecular complexity index is 1470. The van der Waals surface area contributed by atoms with E-state index in [1.807, 2.05) is 0 Å². The number of methoxy groups -OCH3 is 1. The summed E-state index contributed by atoms with van der Waals surface area (Å²) in [5.41, 5.74) is 1.37. The molecule has 10 nitrogen and oxygen atoms in total. The lowest BCUT2D eigenvalue weighted by Gasteiger charge is -2.13. The van der Waals surface area contributed by atoms with Crippen molar-refractivity contribution in [1.82, 2.24) is 9.78 Å². The molecule has 1 heterocycles. The van der Waals surface area contributed by atoms with Crippen LogP contribution in [0, 0.1) is 15.9 Å². The first kappa shape index (κ1) is 25.0. The number of anilines is 1. The van der Waals surface area contributed by atoms with Gasteiger partial charge in [0.25, 0.3) is 11.6 Å². The lowest BCUT2D eigenvalue weighted by atomic mass is 10.1. The molecule has 0 bridgehead atoms. The Morgan fingerprint density at radius 2 is 1.81 bits per heavy atom. The number of halogens is 1. The Hall–Kier alpha value is -5.06. The van der Waals surface area contributed by atoms with Gasteiger partial charge in [0.1, 0.15) is 22.8 Å². The molecule has 0 aliphatic heterocycles. The predicted octanol–water partition coefficient (Wildman–Crippen LogP) is 4.78. The Morgan fingerprint density at radius 3 is 2.51 bits per heavy atom. The number of amides is 1. The van der Waals surface area contributed by atoms with Gasteiger partial charge in [0, 0.05) is 29.6 Å². The molecule has 4 aromatic rings. The topological polar surface area (TPSA) is 126 Å². The summed E-state index contributed by atoms with van der Waals surface area (Å²) in [6.07, 6.45) is 0.189. The monoisotopic (exact) mass is 504 g/mol. The van der Waals surface area contributed by atoms with Crippen molar-refractivity contribution in [3.05, 3.63) is 100 Å². The number of nitro benzene ring substituents is 1. The summed E-state index contributed by atoms with van der Waals surface area (Å²) in [4.78, 5) is 36.2. The molecule has 3 aromatic carbocycles. The number of rotatable bonds is 8. The van der Waals surface area contributed by atoms with E-state index in [1.54, 1.807) is 24.3 Å². The maximum atomic E-state index is 13.4. The average Bonchev–Trinajstić information content (AvgIpc) is 3.35. The molecular formula is C26H21FN4O6. The second kappa shape index (κ2) is 10.7. The average molecular weight is 504 g/mol. The van der Waals surface area contributed by atoms with Crippen LogP contribution in [0.5, 0.6) is 5.75 Å². The molecule has 1 unspecified atom stereocenters. The number of aromatic nitrogens is 2. The van der Waals surface area contributed by atoms with Crippen LogP contribution in [0.3, 0.4) is 0 Å². The van der Waals surface area contributed by atoms with Crippen molar-refractivity contribution < 1.29 is 28.4 Å². The molecule has 0 radical (unpaired) electrons. The van der Waals surface area contributed by atoms with Crippen LogP contribution < -0.4 is 10.1 Å². The van der Waals surface area contributed by atoms with E-state index >= 15 is 0 Å². The molecule has 0 saturated heterocycles. The molecule has 0 aliphatic rings. The Morgan fingerprint density at radius 1 is 1.08 bits per heavy atom. The van der Waals surface area contributed by atoms with Crippen molar-refractivity contribution in [3.63, 3.8) is 0 Å². The van der Waals surface area contributed by atoms with Gasteiger partial charge in [-0.3, -0.25) is 14.9 Å². The molecule has 188 valence electrons. The highest BCUT2D eigenvalue weighted by Crippen LogP contribution is 2.28. The summed E-state index contributed by atoms with van der Waals surface area (Å²) in [5.74, 6) is -1.39. The van der Waals surface area contributed by atoms with Gasteiger partial charge in [-0.05, 0) is 49.4 Å². The molecule has 0 aliphatic carbocycles. The number of ether oxygens (including phenoxy) is 2.